The summed E-state index contributed by atoms with van der Waals surface area (Å²) in [6.07, 6.45) is 1.13. The van der Waals surface area contributed by atoms with E-state index >= 15 is 0 Å². The second-order valence-corrected chi connectivity index (χ2v) is 7.28. The minimum atomic E-state index is 0.195. The SMILES string of the molecule is CC(C)C(CNC(C)(C)C)Cc1ccccc1Br. The molecule has 0 spiro atoms. The topological polar surface area (TPSA) is 12.0 Å². The summed E-state index contributed by atoms with van der Waals surface area (Å²) in [4.78, 5) is 0. The van der Waals surface area contributed by atoms with Crippen LogP contribution in [-0.4, -0.2) is 12.1 Å². The molecule has 0 bridgehead atoms. The van der Waals surface area contributed by atoms with Gasteiger partial charge in [-0.3, -0.25) is 0 Å². The fourth-order valence-corrected chi connectivity index (χ4v) is 2.37. The molecule has 0 amide bonds. The van der Waals surface area contributed by atoms with Crippen LogP contribution in [0, 0.1) is 11.8 Å². The van der Waals surface area contributed by atoms with E-state index < -0.39 is 0 Å². The summed E-state index contributed by atoms with van der Waals surface area (Å²) in [5.74, 6) is 1.36. The van der Waals surface area contributed by atoms with Crippen LogP contribution in [-0.2, 0) is 6.42 Å². The first-order chi connectivity index (χ1) is 8.29. The maximum atomic E-state index is 3.64. The molecule has 2 heteroatoms. The Morgan fingerprint density at radius 1 is 1.17 bits per heavy atom. The summed E-state index contributed by atoms with van der Waals surface area (Å²) in [5.41, 5.74) is 1.60. The van der Waals surface area contributed by atoms with Gasteiger partial charge in [-0.2, -0.15) is 0 Å². The summed E-state index contributed by atoms with van der Waals surface area (Å²) in [7, 11) is 0. The van der Waals surface area contributed by atoms with Crippen molar-refractivity contribution in [2.24, 2.45) is 11.8 Å². The lowest BCUT2D eigenvalue weighted by atomic mass is 9.88. The van der Waals surface area contributed by atoms with Crippen molar-refractivity contribution in [2.45, 2.75) is 46.6 Å². The molecular weight excluding hydrogens is 286 g/mol. The number of nitrogens with one attached hydrogen (secondary N) is 1. The van der Waals surface area contributed by atoms with Gasteiger partial charge in [0.05, 0.1) is 0 Å². The molecule has 18 heavy (non-hydrogen) atoms. The smallest absolute Gasteiger partial charge is 0.0207 e. The Balaban J connectivity index is 2.67. The van der Waals surface area contributed by atoms with Crippen LogP contribution in [0.2, 0.25) is 0 Å². The molecule has 0 saturated heterocycles. The van der Waals surface area contributed by atoms with E-state index in [1.807, 2.05) is 0 Å². The first-order valence-electron chi connectivity index (χ1n) is 6.78. The molecule has 1 N–H and O–H groups in total. The number of hydrogen-bond donors (Lipinski definition) is 1. The monoisotopic (exact) mass is 311 g/mol. The third-order valence-corrected chi connectivity index (χ3v) is 4.05. The Bertz CT molecular complexity index is 366. The average molecular weight is 312 g/mol. The lowest BCUT2D eigenvalue weighted by molar-refractivity contribution is 0.312. The van der Waals surface area contributed by atoms with Gasteiger partial charge in [0.2, 0.25) is 0 Å². The van der Waals surface area contributed by atoms with E-state index in [-0.39, 0.29) is 5.54 Å². The van der Waals surface area contributed by atoms with Crippen molar-refractivity contribution in [2.75, 3.05) is 6.54 Å². The van der Waals surface area contributed by atoms with Crippen LogP contribution in [0.15, 0.2) is 28.7 Å². The van der Waals surface area contributed by atoms with Gasteiger partial charge >= 0.3 is 0 Å². The lowest BCUT2D eigenvalue weighted by Gasteiger charge is -2.28. The van der Waals surface area contributed by atoms with E-state index in [0.717, 1.165) is 13.0 Å². The Kier molecular flexibility index (Phi) is 5.87. The average Bonchev–Trinajstić information content (AvgIpc) is 2.24. The molecule has 102 valence electrons. The minimum Gasteiger partial charge on any atom is -0.312 e. The van der Waals surface area contributed by atoms with Gasteiger partial charge in [-0.15, -0.1) is 0 Å². The third kappa shape index (κ3) is 5.53. The quantitative estimate of drug-likeness (QED) is 0.834. The van der Waals surface area contributed by atoms with Crippen molar-refractivity contribution in [1.29, 1.82) is 0 Å². The van der Waals surface area contributed by atoms with Crippen LogP contribution in [0.4, 0.5) is 0 Å². The summed E-state index contributed by atoms with van der Waals surface area (Å²) >= 11 is 3.64. The molecule has 0 aromatic heterocycles. The van der Waals surface area contributed by atoms with Crippen LogP contribution >= 0.6 is 15.9 Å². The molecule has 1 atom stereocenters. The second kappa shape index (κ2) is 6.72. The van der Waals surface area contributed by atoms with Crippen molar-refractivity contribution in [3.8, 4) is 0 Å². The van der Waals surface area contributed by atoms with Gasteiger partial charge in [0.25, 0.3) is 0 Å². The zero-order chi connectivity index (χ0) is 13.8. The molecule has 1 nitrogen and oxygen atoms in total. The molecule has 0 radical (unpaired) electrons. The summed E-state index contributed by atoms with van der Waals surface area (Å²) < 4.78 is 1.23. The second-order valence-electron chi connectivity index (χ2n) is 6.43. The van der Waals surface area contributed by atoms with E-state index in [0.29, 0.717) is 11.8 Å². The zero-order valence-corrected chi connectivity index (χ0v) is 13.8. The van der Waals surface area contributed by atoms with Crippen molar-refractivity contribution in [1.82, 2.24) is 5.32 Å². The van der Waals surface area contributed by atoms with Crippen LogP contribution in [0.25, 0.3) is 0 Å². The highest BCUT2D eigenvalue weighted by Gasteiger charge is 2.18. The highest BCUT2D eigenvalue weighted by Crippen LogP contribution is 2.23. The molecule has 1 aromatic carbocycles. The van der Waals surface area contributed by atoms with Crippen LogP contribution in [0.3, 0.4) is 0 Å². The van der Waals surface area contributed by atoms with Crippen molar-refractivity contribution < 1.29 is 0 Å². The summed E-state index contributed by atoms with van der Waals surface area (Å²) in [6, 6.07) is 8.54. The van der Waals surface area contributed by atoms with Crippen molar-refractivity contribution in [3.05, 3.63) is 34.3 Å². The highest BCUT2D eigenvalue weighted by molar-refractivity contribution is 9.10. The molecule has 0 aliphatic rings. The Labute approximate surface area is 120 Å². The van der Waals surface area contributed by atoms with E-state index in [1.165, 1.54) is 10.0 Å². The van der Waals surface area contributed by atoms with E-state index in [9.17, 15) is 0 Å². The fourth-order valence-electron chi connectivity index (χ4n) is 1.93. The molecule has 1 rings (SSSR count). The normalized spacial score (nSPS) is 13.9. The predicted octanol–water partition coefficient (Wildman–Crippen LogP) is 4.65. The van der Waals surface area contributed by atoms with Gasteiger partial charge in [0.1, 0.15) is 0 Å². The van der Waals surface area contributed by atoms with Gasteiger partial charge in [-0.05, 0) is 57.2 Å². The zero-order valence-electron chi connectivity index (χ0n) is 12.3. The Morgan fingerprint density at radius 3 is 2.28 bits per heavy atom. The molecule has 0 saturated carbocycles. The standard InChI is InChI=1S/C16H26BrN/c1-12(2)14(11-18-16(3,4)5)10-13-8-6-7-9-15(13)17/h6-9,12,14,18H,10-11H2,1-5H3. The third-order valence-electron chi connectivity index (χ3n) is 3.28. The first-order valence-corrected chi connectivity index (χ1v) is 7.57. The van der Waals surface area contributed by atoms with E-state index in [2.05, 4.69) is 80.1 Å². The number of rotatable bonds is 5. The molecule has 0 heterocycles. The largest absolute Gasteiger partial charge is 0.312 e. The minimum absolute atomic E-state index is 0.195. The maximum Gasteiger partial charge on any atom is 0.0207 e. The lowest BCUT2D eigenvalue weighted by Crippen LogP contribution is -2.40. The summed E-state index contributed by atoms with van der Waals surface area (Å²) in [5, 5.41) is 3.63. The van der Waals surface area contributed by atoms with Crippen LogP contribution < -0.4 is 5.32 Å². The first kappa shape index (κ1) is 15.7. The van der Waals surface area contributed by atoms with Gasteiger partial charge < -0.3 is 5.32 Å². The van der Waals surface area contributed by atoms with Gasteiger partial charge in [0.15, 0.2) is 0 Å². The van der Waals surface area contributed by atoms with Crippen molar-refractivity contribution >= 4 is 15.9 Å². The number of hydrogen-bond acceptors (Lipinski definition) is 1. The van der Waals surface area contributed by atoms with Crippen LogP contribution in [0.5, 0.6) is 0 Å². The molecule has 0 aliphatic heterocycles. The van der Waals surface area contributed by atoms with E-state index in [1.54, 1.807) is 0 Å². The van der Waals surface area contributed by atoms with E-state index in [4.69, 9.17) is 0 Å². The molecule has 0 aliphatic carbocycles. The van der Waals surface area contributed by atoms with Crippen LogP contribution in [0.1, 0.15) is 40.2 Å². The highest BCUT2D eigenvalue weighted by atomic mass is 79.9. The molecule has 1 unspecified atom stereocenters. The predicted molar refractivity (Wildman–Crippen MR) is 83.9 cm³/mol. The maximum absolute atomic E-state index is 3.64. The number of benzene rings is 1. The molecule has 1 aromatic rings. The van der Waals surface area contributed by atoms with Gasteiger partial charge in [0, 0.05) is 10.0 Å². The summed E-state index contributed by atoms with van der Waals surface area (Å²) in [6.45, 7) is 12.4. The Hall–Kier alpha value is -0.340. The van der Waals surface area contributed by atoms with Gasteiger partial charge in [-0.1, -0.05) is 48.0 Å². The molecular formula is C16H26BrN. The Morgan fingerprint density at radius 2 is 1.78 bits per heavy atom. The molecule has 0 fully saturated rings. The van der Waals surface area contributed by atoms with Gasteiger partial charge in [-0.25, -0.2) is 0 Å². The fraction of sp³-hybridized carbons (Fsp3) is 0.625. The number of halogens is 1. The van der Waals surface area contributed by atoms with Crippen molar-refractivity contribution in [3.63, 3.8) is 0 Å².